The lowest BCUT2D eigenvalue weighted by Gasteiger charge is -2.29. The van der Waals surface area contributed by atoms with Crippen LogP contribution in [0.15, 0.2) is 42.6 Å². The zero-order valence-corrected chi connectivity index (χ0v) is 21.8. The number of carboxylic acid groups (broad SMARTS) is 3. The van der Waals surface area contributed by atoms with Gasteiger partial charge in [0.2, 0.25) is 0 Å². The highest BCUT2D eigenvalue weighted by Crippen LogP contribution is 2.50. The Morgan fingerprint density at radius 3 is 2.28 bits per heavy atom. The van der Waals surface area contributed by atoms with Crippen LogP contribution in [-0.2, 0) is 26.5 Å². The minimum Gasteiger partial charge on any atom is -0.497 e. The number of hydrogen-bond donors (Lipinski definition) is 5. The van der Waals surface area contributed by atoms with E-state index in [-0.39, 0.29) is 5.92 Å². The Kier molecular flexibility index (Phi) is 9.49. The summed E-state index contributed by atoms with van der Waals surface area (Å²) >= 11 is 0. The van der Waals surface area contributed by atoms with Crippen molar-refractivity contribution in [1.29, 1.82) is 0 Å². The number of fused-ring (bicyclic) bond motifs is 1. The number of hydrogen-bond acceptors (Lipinski definition) is 9. The average Bonchev–Trinajstić information content (AvgIpc) is 3.44. The molecule has 1 aliphatic carbocycles. The molecule has 3 atom stereocenters. The average molecular weight is 547 g/mol. The van der Waals surface area contributed by atoms with Gasteiger partial charge in [0.05, 0.1) is 32.8 Å². The van der Waals surface area contributed by atoms with Gasteiger partial charge in [0.15, 0.2) is 5.60 Å². The maximum Gasteiger partial charge on any atom is 0.336 e. The van der Waals surface area contributed by atoms with E-state index in [1.165, 1.54) is 0 Å². The van der Waals surface area contributed by atoms with Crippen LogP contribution >= 0.6 is 0 Å². The maximum atomic E-state index is 11.4. The first kappa shape index (κ1) is 29.8. The van der Waals surface area contributed by atoms with Crippen molar-refractivity contribution < 1.29 is 49.4 Å². The number of benzene rings is 1. The minimum atomic E-state index is -2.74. The Balaban J connectivity index is 0.000000276. The number of aliphatic carboxylic acids is 3. The molecule has 39 heavy (non-hydrogen) atoms. The molecule has 2 fully saturated rings. The molecule has 1 aromatic carbocycles. The Labute approximate surface area is 225 Å². The van der Waals surface area contributed by atoms with Crippen LogP contribution in [0.3, 0.4) is 0 Å². The molecule has 12 heteroatoms. The van der Waals surface area contributed by atoms with Gasteiger partial charge in [-0.3, -0.25) is 19.5 Å². The summed E-state index contributed by atoms with van der Waals surface area (Å²) in [6.45, 7) is 2.71. The van der Waals surface area contributed by atoms with Gasteiger partial charge >= 0.3 is 17.9 Å². The number of methoxy groups -OCH3 is 2. The lowest BCUT2D eigenvalue weighted by Crippen LogP contribution is -2.42. The molecule has 2 heterocycles. The van der Waals surface area contributed by atoms with Gasteiger partial charge in [-0.2, -0.15) is 0 Å². The van der Waals surface area contributed by atoms with Crippen LogP contribution in [0.2, 0.25) is 0 Å². The number of pyridine rings is 1. The number of carbonyl (C=O) groups is 3. The van der Waals surface area contributed by atoms with Crippen molar-refractivity contribution in [3.8, 4) is 11.5 Å². The van der Waals surface area contributed by atoms with E-state index >= 15 is 0 Å². The molecule has 4 rings (SSSR count). The quantitative estimate of drug-likeness (QED) is 0.290. The fraction of sp³-hybridized carbons (Fsp3) is 0.481. The third-order valence-corrected chi connectivity index (χ3v) is 7.31. The lowest BCUT2D eigenvalue weighted by atomic mass is 9.85. The zero-order chi connectivity index (χ0) is 28.8. The number of rotatable bonds is 10. The van der Waals surface area contributed by atoms with Crippen molar-refractivity contribution in [2.75, 3.05) is 27.3 Å². The SMILES string of the molecule is COc1ccc(CN2C[C@@H]3CC[C@@](O)(c4ccccn4)[C@@H]3C2)c(OC)c1.O=C(O)CC(O)(CC(=O)O)C(=O)O. The number of aliphatic hydroxyl groups is 2. The lowest BCUT2D eigenvalue weighted by molar-refractivity contribution is -0.170. The third-order valence-electron chi connectivity index (χ3n) is 7.31. The van der Waals surface area contributed by atoms with E-state index in [9.17, 15) is 19.5 Å². The molecule has 1 saturated carbocycles. The number of carboxylic acids is 3. The molecule has 0 spiro atoms. The molecule has 2 aromatic rings. The van der Waals surface area contributed by atoms with Gasteiger partial charge in [0, 0.05) is 43.4 Å². The van der Waals surface area contributed by atoms with Crippen molar-refractivity contribution in [1.82, 2.24) is 9.88 Å². The van der Waals surface area contributed by atoms with E-state index in [1.807, 2.05) is 30.3 Å². The van der Waals surface area contributed by atoms with Gasteiger partial charge in [0.1, 0.15) is 17.1 Å². The number of nitrogens with zero attached hydrogens (tertiary/aromatic N) is 2. The first-order valence-electron chi connectivity index (χ1n) is 12.4. The smallest absolute Gasteiger partial charge is 0.336 e. The number of ether oxygens (including phenoxy) is 2. The molecule has 0 amide bonds. The molecule has 5 N–H and O–H groups in total. The van der Waals surface area contributed by atoms with Crippen LogP contribution < -0.4 is 9.47 Å². The van der Waals surface area contributed by atoms with E-state index in [0.29, 0.717) is 5.92 Å². The molecular weight excluding hydrogens is 512 g/mol. The summed E-state index contributed by atoms with van der Waals surface area (Å²) in [5.41, 5.74) is -1.58. The number of likely N-dealkylation sites (tertiary alicyclic amines) is 1. The molecule has 212 valence electrons. The highest BCUT2D eigenvalue weighted by Gasteiger charge is 2.53. The molecule has 0 bridgehead atoms. The monoisotopic (exact) mass is 546 g/mol. The second kappa shape index (κ2) is 12.4. The normalized spacial score (nSPS) is 22.4. The van der Waals surface area contributed by atoms with Gasteiger partial charge in [-0.15, -0.1) is 0 Å². The first-order valence-corrected chi connectivity index (χ1v) is 12.4. The second-order valence-electron chi connectivity index (χ2n) is 9.89. The van der Waals surface area contributed by atoms with Crippen LogP contribution in [0, 0.1) is 11.8 Å². The van der Waals surface area contributed by atoms with Crippen molar-refractivity contribution in [2.45, 2.75) is 43.4 Å². The summed E-state index contributed by atoms with van der Waals surface area (Å²) in [6.07, 6.45) is 1.34. The summed E-state index contributed by atoms with van der Waals surface area (Å²) in [5.74, 6) is -2.61. The summed E-state index contributed by atoms with van der Waals surface area (Å²) in [4.78, 5) is 37.4. The van der Waals surface area contributed by atoms with Gasteiger partial charge in [-0.05, 0) is 37.0 Å². The van der Waals surface area contributed by atoms with Crippen LogP contribution in [0.5, 0.6) is 11.5 Å². The summed E-state index contributed by atoms with van der Waals surface area (Å²) < 4.78 is 10.8. The predicted molar refractivity (Wildman–Crippen MR) is 136 cm³/mol. The van der Waals surface area contributed by atoms with E-state index in [0.717, 1.165) is 55.2 Å². The van der Waals surface area contributed by atoms with E-state index in [4.69, 9.17) is 29.9 Å². The van der Waals surface area contributed by atoms with Crippen LogP contribution in [0.25, 0.3) is 0 Å². The summed E-state index contributed by atoms with van der Waals surface area (Å²) in [6, 6.07) is 11.8. The Bertz CT molecular complexity index is 1160. The summed E-state index contributed by atoms with van der Waals surface area (Å²) in [7, 11) is 3.35. The Morgan fingerprint density at radius 1 is 1.05 bits per heavy atom. The number of aromatic nitrogens is 1. The van der Waals surface area contributed by atoms with Crippen LogP contribution in [0.4, 0.5) is 0 Å². The molecule has 1 aliphatic heterocycles. The topological polar surface area (TPSA) is 187 Å². The van der Waals surface area contributed by atoms with Crippen LogP contribution in [0.1, 0.15) is 36.9 Å². The predicted octanol–water partition coefficient (Wildman–Crippen LogP) is 1.58. The van der Waals surface area contributed by atoms with Gasteiger partial charge in [-0.1, -0.05) is 12.1 Å². The molecule has 0 unspecified atom stereocenters. The maximum absolute atomic E-state index is 11.4. The largest absolute Gasteiger partial charge is 0.497 e. The molecule has 1 saturated heterocycles. The standard InChI is InChI=1S/C21H26N2O3.C6H8O7/c1-25-17-7-6-16(19(11-17)26-2)13-23-12-15-8-9-21(24,18(15)14-23)20-5-3-4-10-22-20;7-3(8)1-6(13,5(11)12)2-4(9)10/h3-7,10-11,15,18,24H,8-9,12-14H2,1-2H3;13H,1-2H2,(H,7,8)(H,9,10)(H,11,12)/t15-,18+,21-;/m0./s1. The fourth-order valence-electron chi connectivity index (χ4n) is 5.39. The molecule has 0 radical (unpaired) electrons. The Hall–Kier alpha value is -3.74. The Morgan fingerprint density at radius 2 is 1.74 bits per heavy atom. The van der Waals surface area contributed by atoms with Gasteiger partial charge < -0.3 is 35.0 Å². The van der Waals surface area contributed by atoms with Crippen LogP contribution in [-0.4, -0.2) is 86.2 Å². The third kappa shape index (κ3) is 7.02. The van der Waals surface area contributed by atoms with Crippen molar-refractivity contribution in [2.24, 2.45) is 11.8 Å². The van der Waals surface area contributed by atoms with Crippen molar-refractivity contribution in [3.63, 3.8) is 0 Å². The van der Waals surface area contributed by atoms with E-state index in [2.05, 4.69) is 16.0 Å². The first-order chi connectivity index (χ1) is 18.4. The van der Waals surface area contributed by atoms with Gasteiger partial charge in [-0.25, -0.2) is 4.79 Å². The second-order valence-corrected chi connectivity index (χ2v) is 9.89. The summed E-state index contributed by atoms with van der Waals surface area (Å²) in [5, 5.41) is 45.2. The minimum absolute atomic E-state index is 0.238. The molecule has 2 aliphatic rings. The zero-order valence-electron chi connectivity index (χ0n) is 21.8. The van der Waals surface area contributed by atoms with Crippen molar-refractivity contribution >= 4 is 17.9 Å². The molecule has 12 nitrogen and oxygen atoms in total. The van der Waals surface area contributed by atoms with Crippen molar-refractivity contribution in [3.05, 3.63) is 53.9 Å². The highest BCUT2D eigenvalue weighted by atomic mass is 16.5. The fourth-order valence-corrected chi connectivity index (χ4v) is 5.39. The highest BCUT2D eigenvalue weighted by molar-refractivity contribution is 5.88. The van der Waals surface area contributed by atoms with E-state index in [1.54, 1.807) is 20.4 Å². The molecular formula is C27H34N2O10. The van der Waals surface area contributed by atoms with E-state index < -0.39 is 42.0 Å². The van der Waals surface area contributed by atoms with Gasteiger partial charge in [0.25, 0.3) is 0 Å². The molecule has 1 aromatic heterocycles.